The molecular weight excluding hydrogens is 274 g/mol. The molecule has 0 N–H and O–H groups in total. The van der Waals surface area contributed by atoms with Crippen LogP contribution < -0.4 is 5.43 Å². The van der Waals surface area contributed by atoms with Crippen molar-refractivity contribution in [1.82, 2.24) is 5.43 Å². The Morgan fingerprint density at radius 3 is 2.14 bits per heavy atom. The van der Waals surface area contributed by atoms with Gasteiger partial charge in [0, 0.05) is 5.57 Å². The van der Waals surface area contributed by atoms with Crippen molar-refractivity contribution in [2.75, 3.05) is 0 Å². The van der Waals surface area contributed by atoms with Crippen LogP contribution in [0.25, 0.3) is 11.1 Å². The van der Waals surface area contributed by atoms with Gasteiger partial charge in [0.2, 0.25) is 0 Å². The van der Waals surface area contributed by atoms with Crippen molar-refractivity contribution in [3.05, 3.63) is 71.3 Å². The maximum atomic E-state index is 13.4. The van der Waals surface area contributed by atoms with Gasteiger partial charge in [0.1, 0.15) is 11.6 Å². The van der Waals surface area contributed by atoms with Crippen molar-refractivity contribution in [2.24, 2.45) is 5.10 Å². The van der Waals surface area contributed by atoms with Gasteiger partial charge in [-0.3, -0.25) is 4.79 Å². The molecule has 0 spiro atoms. The molecule has 0 bridgehead atoms. The minimum Gasteiger partial charge on any atom is -0.265 e. The van der Waals surface area contributed by atoms with Crippen molar-refractivity contribution in [2.45, 2.75) is 0 Å². The zero-order valence-corrected chi connectivity index (χ0v) is 10.8. The number of allylic oxidation sites excluding steroid dienone is 1. The van der Waals surface area contributed by atoms with Crippen LogP contribution in [0.15, 0.2) is 53.6 Å². The normalized spacial score (nSPS) is 14.3. The summed E-state index contributed by atoms with van der Waals surface area (Å²) in [5.41, 5.74) is 4.96. The molecule has 0 saturated heterocycles. The molecule has 1 amide bonds. The predicted molar refractivity (Wildman–Crippen MR) is 75.2 cm³/mol. The Kier molecular flexibility index (Phi) is 3.31. The van der Waals surface area contributed by atoms with Gasteiger partial charge >= 0.3 is 0 Å². The number of hydrogen-bond acceptors (Lipinski definition) is 2. The molecule has 2 aromatic carbocycles. The number of carbonyl (C=O) groups is 1. The largest absolute Gasteiger partial charge is 0.296 e. The average Bonchev–Trinajstić information content (AvgIpc) is 2.47. The highest BCUT2D eigenvalue weighted by molar-refractivity contribution is 6.37. The SMILES string of the molecule is O=C1[N]N=CC(c2cccc(F)c2)=C1c1cccc(F)c1. The van der Waals surface area contributed by atoms with Gasteiger partial charge in [-0.05, 0) is 35.4 Å². The van der Waals surface area contributed by atoms with Gasteiger partial charge in [0.25, 0.3) is 5.91 Å². The van der Waals surface area contributed by atoms with Crippen LogP contribution in [0.1, 0.15) is 11.1 Å². The standard InChI is InChI=1S/C16H9F2N2O/c17-12-5-1-3-10(7-12)14-9-19-20-16(21)15(14)11-4-2-6-13(18)8-11/h1-9H. The number of amides is 1. The van der Waals surface area contributed by atoms with E-state index in [-0.39, 0.29) is 5.57 Å². The fraction of sp³-hybridized carbons (Fsp3) is 0. The Morgan fingerprint density at radius 2 is 1.48 bits per heavy atom. The van der Waals surface area contributed by atoms with Gasteiger partial charge in [-0.2, -0.15) is 5.10 Å². The molecule has 0 atom stereocenters. The molecule has 1 heterocycles. The van der Waals surface area contributed by atoms with Crippen molar-refractivity contribution >= 4 is 23.3 Å². The first-order chi connectivity index (χ1) is 10.1. The molecule has 1 aliphatic heterocycles. The average molecular weight is 283 g/mol. The van der Waals surface area contributed by atoms with E-state index in [9.17, 15) is 13.6 Å². The second kappa shape index (κ2) is 5.28. The van der Waals surface area contributed by atoms with E-state index >= 15 is 0 Å². The minimum atomic E-state index is -0.581. The summed E-state index contributed by atoms with van der Waals surface area (Å²) < 4.78 is 26.8. The van der Waals surface area contributed by atoms with Gasteiger partial charge in [0.05, 0.1) is 11.8 Å². The highest BCUT2D eigenvalue weighted by Gasteiger charge is 2.22. The van der Waals surface area contributed by atoms with Crippen LogP contribution in [0.4, 0.5) is 8.78 Å². The highest BCUT2D eigenvalue weighted by atomic mass is 19.1. The summed E-state index contributed by atoms with van der Waals surface area (Å²) in [7, 11) is 0. The molecule has 2 aromatic rings. The van der Waals surface area contributed by atoms with Crippen LogP contribution in [0.5, 0.6) is 0 Å². The molecule has 0 unspecified atom stereocenters. The molecule has 0 aliphatic carbocycles. The number of rotatable bonds is 2. The summed E-state index contributed by atoms with van der Waals surface area (Å²) >= 11 is 0. The van der Waals surface area contributed by atoms with E-state index in [0.717, 1.165) is 0 Å². The van der Waals surface area contributed by atoms with Crippen LogP contribution in [0.3, 0.4) is 0 Å². The number of nitrogens with zero attached hydrogens (tertiary/aromatic N) is 2. The Morgan fingerprint density at radius 1 is 0.857 bits per heavy atom. The van der Waals surface area contributed by atoms with Crippen LogP contribution >= 0.6 is 0 Å². The molecule has 0 aromatic heterocycles. The summed E-state index contributed by atoms with van der Waals surface area (Å²) in [5, 5.41) is 3.62. The van der Waals surface area contributed by atoms with Gasteiger partial charge in [-0.1, -0.05) is 24.3 Å². The van der Waals surface area contributed by atoms with E-state index < -0.39 is 17.5 Å². The van der Waals surface area contributed by atoms with Gasteiger partial charge in [0.15, 0.2) is 0 Å². The van der Waals surface area contributed by atoms with Crippen molar-refractivity contribution in [3.63, 3.8) is 0 Å². The van der Waals surface area contributed by atoms with E-state index in [1.165, 1.54) is 42.6 Å². The van der Waals surface area contributed by atoms with Crippen LogP contribution in [-0.4, -0.2) is 12.1 Å². The maximum Gasteiger partial charge on any atom is 0.296 e. The van der Waals surface area contributed by atoms with Crippen molar-refractivity contribution < 1.29 is 13.6 Å². The molecule has 3 rings (SSSR count). The summed E-state index contributed by atoms with van der Waals surface area (Å²) in [4.78, 5) is 12.0. The Bertz CT molecular complexity index is 781. The Hall–Kier alpha value is -2.82. The summed E-state index contributed by atoms with van der Waals surface area (Å²) in [6.07, 6.45) is 1.37. The zero-order chi connectivity index (χ0) is 14.8. The van der Waals surface area contributed by atoms with E-state index in [0.29, 0.717) is 16.7 Å². The number of benzene rings is 2. The van der Waals surface area contributed by atoms with E-state index in [1.807, 2.05) is 0 Å². The van der Waals surface area contributed by atoms with Gasteiger partial charge < -0.3 is 0 Å². The zero-order valence-electron chi connectivity index (χ0n) is 10.8. The highest BCUT2D eigenvalue weighted by Crippen LogP contribution is 2.28. The molecule has 103 valence electrons. The predicted octanol–water partition coefficient (Wildman–Crippen LogP) is 3.01. The van der Waals surface area contributed by atoms with Crippen molar-refractivity contribution in [1.29, 1.82) is 0 Å². The van der Waals surface area contributed by atoms with Gasteiger partial charge in [-0.25, -0.2) is 8.78 Å². The van der Waals surface area contributed by atoms with Crippen LogP contribution in [0.2, 0.25) is 0 Å². The molecule has 5 heteroatoms. The molecule has 1 aliphatic rings. The second-order valence-electron chi connectivity index (χ2n) is 4.46. The lowest BCUT2D eigenvalue weighted by atomic mass is 9.94. The molecule has 3 nitrogen and oxygen atoms in total. The first-order valence-corrected chi connectivity index (χ1v) is 6.20. The third kappa shape index (κ3) is 2.58. The van der Waals surface area contributed by atoms with E-state index in [2.05, 4.69) is 10.5 Å². The monoisotopic (exact) mass is 283 g/mol. The van der Waals surface area contributed by atoms with E-state index in [4.69, 9.17) is 0 Å². The van der Waals surface area contributed by atoms with Crippen LogP contribution in [-0.2, 0) is 4.79 Å². The fourth-order valence-corrected chi connectivity index (χ4v) is 2.17. The minimum absolute atomic E-state index is 0.204. The summed E-state index contributed by atoms with van der Waals surface area (Å²) in [6, 6.07) is 11.4. The number of carbonyl (C=O) groups excluding carboxylic acids is 1. The smallest absolute Gasteiger partial charge is 0.265 e. The number of halogens is 2. The lowest BCUT2D eigenvalue weighted by Crippen LogP contribution is -2.18. The van der Waals surface area contributed by atoms with Gasteiger partial charge in [-0.15, -0.1) is 5.43 Å². The first kappa shape index (κ1) is 13.2. The maximum absolute atomic E-state index is 13.4. The summed E-state index contributed by atoms with van der Waals surface area (Å²) in [5.74, 6) is -1.47. The lowest BCUT2D eigenvalue weighted by molar-refractivity contribution is -0.115. The second-order valence-corrected chi connectivity index (χ2v) is 4.46. The fourth-order valence-electron chi connectivity index (χ4n) is 2.17. The number of hydrogen-bond donors (Lipinski definition) is 0. The van der Waals surface area contributed by atoms with E-state index in [1.54, 1.807) is 12.1 Å². The molecule has 0 saturated carbocycles. The van der Waals surface area contributed by atoms with Crippen LogP contribution in [0, 0.1) is 11.6 Å². The first-order valence-electron chi connectivity index (χ1n) is 6.20. The quantitative estimate of drug-likeness (QED) is 0.835. The lowest BCUT2D eigenvalue weighted by Gasteiger charge is -2.14. The Balaban J connectivity index is 2.23. The molecule has 0 fully saturated rings. The molecule has 1 radical (unpaired) electrons. The molecule has 21 heavy (non-hydrogen) atoms. The molecular formula is C16H9F2N2O. The third-order valence-corrected chi connectivity index (χ3v) is 3.07. The topological polar surface area (TPSA) is 43.5 Å². The van der Waals surface area contributed by atoms with Crippen molar-refractivity contribution in [3.8, 4) is 0 Å². The third-order valence-electron chi connectivity index (χ3n) is 3.07. The Labute approximate surface area is 119 Å². The summed E-state index contributed by atoms with van der Waals surface area (Å²) in [6.45, 7) is 0.